The van der Waals surface area contributed by atoms with Crippen molar-refractivity contribution in [1.82, 2.24) is 0 Å². The summed E-state index contributed by atoms with van der Waals surface area (Å²) in [6.45, 7) is 1.99. The van der Waals surface area contributed by atoms with Crippen LogP contribution in [0.25, 0.3) is 32.3 Å². The van der Waals surface area contributed by atoms with Crippen molar-refractivity contribution in [3.63, 3.8) is 0 Å². The standard InChI is InChI=1S/C31H23N5O6S2/c1-18-8-9-19-4-2-6-26(23(19)16-18)33-34-27-14-15-29(24-17-20(43(37,38)39)10-11-21(24)27)36-35-28-13-12-25(32)31-22(28)5-3-7-30(31)44(40,41)42/h2-17H,32H2,1H3,(H,37,38,39)(H,40,41,42)/b34-33+,36-35+. The van der Waals surface area contributed by atoms with E-state index in [0.717, 1.165) is 16.3 Å². The Hall–Kier alpha value is -5.08. The smallest absolute Gasteiger partial charge is 0.295 e. The molecule has 6 aromatic carbocycles. The average molecular weight is 626 g/mol. The first-order valence-electron chi connectivity index (χ1n) is 13.1. The lowest BCUT2D eigenvalue weighted by molar-refractivity contribution is 0.481. The fourth-order valence-electron chi connectivity index (χ4n) is 4.99. The second kappa shape index (κ2) is 10.9. The maximum absolute atomic E-state index is 12.0. The number of hydrogen-bond donors (Lipinski definition) is 3. The SMILES string of the molecule is Cc1ccc2cccc(/N=N/c3ccc(/N=N/c4ccc(N)c5c(S(=O)(=O)O)cccc45)c4cc(S(=O)(=O)O)ccc34)c2c1. The summed E-state index contributed by atoms with van der Waals surface area (Å²) in [4.78, 5) is -0.723. The zero-order valence-corrected chi connectivity index (χ0v) is 24.6. The van der Waals surface area contributed by atoms with E-state index in [-0.39, 0.29) is 32.2 Å². The minimum Gasteiger partial charge on any atom is -0.398 e. The number of azo groups is 2. The first-order valence-corrected chi connectivity index (χ1v) is 15.9. The molecule has 0 heterocycles. The van der Waals surface area contributed by atoms with Gasteiger partial charge < -0.3 is 5.73 Å². The predicted octanol–water partition coefficient (Wildman–Crippen LogP) is 8.36. The van der Waals surface area contributed by atoms with Crippen LogP contribution in [0.3, 0.4) is 0 Å². The molecule has 0 spiro atoms. The maximum Gasteiger partial charge on any atom is 0.295 e. The second-order valence-electron chi connectivity index (χ2n) is 10.0. The van der Waals surface area contributed by atoms with E-state index in [9.17, 15) is 25.9 Å². The van der Waals surface area contributed by atoms with E-state index in [1.54, 1.807) is 18.2 Å². The molecule has 0 amide bonds. The highest BCUT2D eigenvalue weighted by Crippen LogP contribution is 2.39. The number of benzene rings is 6. The minimum atomic E-state index is -4.58. The lowest BCUT2D eigenvalue weighted by Gasteiger charge is -2.09. The number of fused-ring (bicyclic) bond motifs is 3. The van der Waals surface area contributed by atoms with Crippen LogP contribution in [0.4, 0.5) is 28.4 Å². The average Bonchev–Trinajstić information content (AvgIpc) is 2.98. The number of nitrogens with zero attached hydrogens (tertiary/aromatic N) is 4. The number of rotatable bonds is 6. The Morgan fingerprint density at radius 1 is 0.568 bits per heavy atom. The zero-order chi connectivity index (χ0) is 31.2. The first kappa shape index (κ1) is 29.0. The second-order valence-corrected chi connectivity index (χ2v) is 12.8. The summed E-state index contributed by atoms with van der Waals surface area (Å²) in [5, 5.41) is 20.7. The van der Waals surface area contributed by atoms with E-state index in [2.05, 4.69) is 20.5 Å². The third-order valence-electron chi connectivity index (χ3n) is 7.07. The zero-order valence-electron chi connectivity index (χ0n) is 22.9. The monoisotopic (exact) mass is 625 g/mol. The van der Waals surface area contributed by atoms with Gasteiger partial charge in [0.2, 0.25) is 0 Å². The van der Waals surface area contributed by atoms with E-state index < -0.39 is 20.2 Å². The van der Waals surface area contributed by atoms with Crippen molar-refractivity contribution in [2.45, 2.75) is 16.7 Å². The molecule has 0 radical (unpaired) electrons. The first-order chi connectivity index (χ1) is 20.9. The van der Waals surface area contributed by atoms with Gasteiger partial charge in [-0.25, -0.2) is 0 Å². The number of aryl methyl sites for hydroxylation is 1. The summed E-state index contributed by atoms with van der Waals surface area (Å²) < 4.78 is 67.3. The summed E-state index contributed by atoms with van der Waals surface area (Å²) >= 11 is 0. The van der Waals surface area contributed by atoms with Crippen molar-refractivity contribution in [3.05, 3.63) is 103 Å². The predicted molar refractivity (Wildman–Crippen MR) is 169 cm³/mol. The molecule has 0 aliphatic rings. The van der Waals surface area contributed by atoms with Crippen molar-refractivity contribution in [1.29, 1.82) is 0 Å². The molecule has 44 heavy (non-hydrogen) atoms. The van der Waals surface area contributed by atoms with Crippen molar-refractivity contribution < 1.29 is 25.9 Å². The highest BCUT2D eigenvalue weighted by molar-refractivity contribution is 7.86. The lowest BCUT2D eigenvalue weighted by atomic mass is 10.1. The molecule has 0 bridgehead atoms. The Morgan fingerprint density at radius 2 is 1.18 bits per heavy atom. The lowest BCUT2D eigenvalue weighted by Crippen LogP contribution is -2.01. The van der Waals surface area contributed by atoms with Gasteiger partial charge in [-0.1, -0.05) is 48.0 Å². The molecule has 220 valence electrons. The molecule has 0 atom stereocenters. The van der Waals surface area contributed by atoms with Gasteiger partial charge in [-0.3, -0.25) is 9.11 Å². The van der Waals surface area contributed by atoms with Gasteiger partial charge in [-0.15, -0.1) is 20.5 Å². The van der Waals surface area contributed by atoms with Crippen LogP contribution in [0.2, 0.25) is 0 Å². The van der Waals surface area contributed by atoms with Crippen molar-refractivity contribution in [2.24, 2.45) is 20.5 Å². The van der Waals surface area contributed by atoms with E-state index >= 15 is 0 Å². The van der Waals surface area contributed by atoms with Crippen LogP contribution in [0.1, 0.15) is 5.56 Å². The van der Waals surface area contributed by atoms with Crippen molar-refractivity contribution >= 4 is 81.0 Å². The summed E-state index contributed by atoms with van der Waals surface area (Å²) in [5.41, 5.74) is 8.78. The van der Waals surface area contributed by atoms with Crippen LogP contribution in [0.15, 0.2) is 127 Å². The Bertz CT molecular complexity index is 2430. The molecule has 0 fully saturated rings. The maximum atomic E-state index is 12.0. The molecule has 0 aromatic heterocycles. The molecule has 6 aromatic rings. The van der Waals surface area contributed by atoms with Crippen LogP contribution in [-0.4, -0.2) is 25.9 Å². The molecule has 11 nitrogen and oxygen atoms in total. The summed E-state index contributed by atoms with van der Waals surface area (Å²) in [5.74, 6) is 0. The molecule has 13 heteroatoms. The Kier molecular flexibility index (Phi) is 7.18. The largest absolute Gasteiger partial charge is 0.398 e. The van der Waals surface area contributed by atoms with Gasteiger partial charge in [-0.05, 0) is 66.9 Å². The molecule has 0 aliphatic carbocycles. The molecule has 0 saturated heterocycles. The fourth-order valence-corrected chi connectivity index (χ4v) is 6.23. The highest BCUT2D eigenvalue weighted by Gasteiger charge is 2.18. The number of hydrogen-bond acceptors (Lipinski definition) is 9. The normalized spacial score (nSPS) is 12.7. The molecule has 0 unspecified atom stereocenters. The minimum absolute atomic E-state index is 0.0874. The number of nitrogen functional groups attached to an aromatic ring is 1. The summed E-state index contributed by atoms with van der Waals surface area (Å²) in [6.07, 6.45) is 0. The third-order valence-corrected chi connectivity index (χ3v) is 8.82. The van der Waals surface area contributed by atoms with Gasteiger partial charge in [0.25, 0.3) is 20.2 Å². The van der Waals surface area contributed by atoms with E-state index in [4.69, 9.17) is 5.73 Å². The third kappa shape index (κ3) is 5.52. The van der Waals surface area contributed by atoms with E-state index in [0.29, 0.717) is 27.5 Å². The topological polar surface area (TPSA) is 184 Å². The molecule has 6 rings (SSSR count). The Balaban J connectivity index is 1.49. The van der Waals surface area contributed by atoms with Gasteiger partial charge in [0.05, 0.1) is 27.6 Å². The summed E-state index contributed by atoms with van der Waals surface area (Å²) in [6, 6.07) is 26.2. The van der Waals surface area contributed by atoms with Crippen LogP contribution in [0.5, 0.6) is 0 Å². The van der Waals surface area contributed by atoms with Gasteiger partial charge in [0.15, 0.2) is 0 Å². The number of anilines is 1. The van der Waals surface area contributed by atoms with Crippen molar-refractivity contribution in [2.75, 3.05) is 5.73 Å². The van der Waals surface area contributed by atoms with Crippen LogP contribution < -0.4 is 5.73 Å². The van der Waals surface area contributed by atoms with Crippen LogP contribution >= 0.6 is 0 Å². The quantitative estimate of drug-likeness (QED) is 0.0942. The van der Waals surface area contributed by atoms with E-state index in [1.807, 2.05) is 43.3 Å². The van der Waals surface area contributed by atoms with Gasteiger partial charge in [0, 0.05) is 32.6 Å². The summed E-state index contributed by atoms with van der Waals surface area (Å²) in [7, 11) is -9.13. The van der Waals surface area contributed by atoms with Crippen molar-refractivity contribution in [3.8, 4) is 0 Å². The van der Waals surface area contributed by atoms with Gasteiger partial charge in [0.1, 0.15) is 4.90 Å². The van der Waals surface area contributed by atoms with Crippen LogP contribution in [-0.2, 0) is 20.2 Å². The molecular formula is C31H23N5O6S2. The molecule has 4 N–H and O–H groups in total. The van der Waals surface area contributed by atoms with Crippen LogP contribution in [0, 0.1) is 6.92 Å². The molecular weight excluding hydrogens is 603 g/mol. The highest BCUT2D eigenvalue weighted by atomic mass is 32.2. The molecule has 0 aliphatic heterocycles. The van der Waals surface area contributed by atoms with Gasteiger partial charge >= 0.3 is 0 Å². The molecule has 0 saturated carbocycles. The van der Waals surface area contributed by atoms with Gasteiger partial charge in [-0.2, -0.15) is 16.8 Å². The fraction of sp³-hybridized carbons (Fsp3) is 0.0323. The number of nitrogens with two attached hydrogens (primary N) is 1. The Morgan fingerprint density at radius 3 is 1.86 bits per heavy atom. The Labute approximate surface area is 251 Å². The van der Waals surface area contributed by atoms with E-state index in [1.165, 1.54) is 42.5 Å².